The van der Waals surface area contributed by atoms with E-state index in [1.54, 1.807) is 4.90 Å². The van der Waals surface area contributed by atoms with Gasteiger partial charge in [-0.15, -0.1) is 0 Å². The van der Waals surface area contributed by atoms with Crippen molar-refractivity contribution in [3.63, 3.8) is 0 Å². The SMILES string of the molecule is [B]C1CC2(CC)CC3(CC)C2C1N3C(=C)C1(C)CS1(C)c1ccc(C)cc1. The van der Waals surface area contributed by atoms with Gasteiger partial charge in [0.15, 0.2) is 0 Å². The van der Waals surface area contributed by atoms with Gasteiger partial charge in [-0.1, -0.05) is 50.4 Å². The third-order valence-corrected chi connectivity index (χ3v) is 13.8. The number of piperidine rings is 1. The summed E-state index contributed by atoms with van der Waals surface area (Å²) in [7, 11) is 5.90. The van der Waals surface area contributed by atoms with Gasteiger partial charge in [-0.25, -0.2) is 10.0 Å². The molecular weight excluding hydrogens is 345 g/mol. The molecule has 1 nitrogen and oxygen atoms in total. The van der Waals surface area contributed by atoms with Crippen molar-refractivity contribution in [2.24, 2.45) is 11.3 Å². The highest BCUT2D eigenvalue weighted by atomic mass is 32.3. The highest BCUT2D eigenvalue weighted by Crippen LogP contribution is 2.84. The average molecular weight is 379 g/mol. The highest BCUT2D eigenvalue weighted by Gasteiger charge is 2.80. The Balaban J connectivity index is 1.46. The van der Waals surface area contributed by atoms with Crippen LogP contribution in [-0.2, 0) is 0 Å². The third kappa shape index (κ3) is 1.86. The Morgan fingerprint density at radius 1 is 1.26 bits per heavy atom. The number of hydrogen-bond acceptors (Lipinski definition) is 1. The summed E-state index contributed by atoms with van der Waals surface area (Å²) in [4.78, 5) is 4.31. The van der Waals surface area contributed by atoms with E-state index in [2.05, 4.69) is 63.1 Å². The predicted molar refractivity (Wildman–Crippen MR) is 119 cm³/mol. The minimum absolute atomic E-state index is 0.238. The fourth-order valence-electron chi connectivity index (χ4n) is 7.53. The van der Waals surface area contributed by atoms with E-state index in [0.29, 0.717) is 22.8 Å². The summed E-state index contributed by atoms with van der Waals surface area (Å²) in [6, 6.07) is 9.83. The largest absolute Gasteiger partial charge is 0.365 e. The number of likely N-dealkylation sites (tertiary alicyclic amines) is 1. The molecule has 0 spiro atoms. The van der Waals surface area contributed by atoms with Crippen molar-refractivity contribution < 1.29 is 0 Å². The van der Waals surface area contributed by atoms with Gasteiger partial charge in [0.25, 0.3) is 0 Å². The molecule has 0 N–H and O–H groups in total. The van der Waals surface area contributed by atoms with Crippen LogP contribution in [-0.4, -0.2) is 41.1 Å². The van der Waals surface area contributed by atoms with Gasteiger partial charge >= 0.3 is 0 Å². The van der Waals surface area contributed by atoms with E-state index in [1.807, 2.05) is 0 Å². The Morgan fingerprint density at radius 2 is 1.93 bits per heavy atom. The van der Waals surface area contributed by atoms with Crippen molar-refractivity contribution in [3.05, 3.63) is 42.1 Å². The molecule has 0 aromatic heterocycles. The van der Waals surface area contributed by atoms with Crippen LogP contribution < -0.4 is 0 Å². The van der Waals surface area contributed by atoms with Gasteiger partial charge in [0.2, 0.25) is 0 Å². The van der Waals surface area contributed by atoms with Crippen molar-refractivity contribution in [1.29, 1.82) is 0 Å². The van der Waals surface area contributed by atoms with E-state index in [4.69, 9.17) is 14.4 Å². The molecule has 27 heavy (non-hydrogen) atoms. The van der Waals surface area contributed by atoms with Gasteiger partial charge in [-0.3, -0.25) is 0 Å². The maximum Gasteiger partial charge on any atom is 0.0727 e. The number of hydrogen-bond donors (Lipinski definition) is 0. The Hall–Kier alpha value is -0.825. The molecular formula is C24H34BNS. The molecule has 1 aromatic rings. The molecule has 2 radical (unpaired) electrons. The van der Waals surface area contributed by atoms with Crippen LogP contribution in [0.2, 0.25) is 5.82 Å². The molecule has 1 aromatic carbocycles. The number of nitrogens with zero attached hydrogens (tertiary/aromatic N) is 1. The second-order valence-corrected chi connectivity index (χ2v) is 14.1. The van der Waals surface area contributed by atoms with Crippen LogP contribution >= 0.6 is 10.0 Å². The number of aryl methyl sites for hydroxylation is 1. The molecule has 7 atom stereocenters. The molecule has 4 aliphatic rings. The molecule has 2 heterocycles. The monoisotopic (exact) mass is 379 g/mol. The quantitative estimate of drug-likeness (QED) is 0.470. The van der Waals surface area contributed by atoms with Gasteiger partial charge in [-0.05, 0) is 61.8 Å². The zero-order valence-electron chi connectivity index (χ0n) is 17.7. The summed E-state index contributed by atoms with van der Waals surface area (Å²) in [5, 5.41) is 0. The zero-order chi connectivity index (χ0) is 19.4. The standard InChI is InChI=1S/C24H34BNS/c1-7-23-13-19(25)20-21(23)24(8-2,14-23)26(20)17(4)22(5)15-27(22,6)18-11-9-16(3)10-12-18/h9-12,19-21H,4,7-8,13-15H2,1-3,5-6H3. The first-order valence-electron chi connectivity index (χ1n) is 10.8. The summed E-state index contributed by atoms with van der Waals surface area (Å²) in [6.45, 7) is 14.2. The van der Waals surface area contributed by atoms with E-state index in [1.165, 1.54) is 42.7 Å². The van der Waals surface area contributed by atoms with Crippen molar-refractivity contribution >= 4 is 17.9 Å². The topological polar surface area (TPSA) is 3.24 Å². The molecule has 2 aliphatic heterocycles. The Bertz CT molecular complexity index is 820. The minimum Gasteiger partial charge on any atom is -0.365 e. The zero-order valence-corrected chi connectivity index (χ0v) is 18.5. The molecule has 2 saturated carbocycles. The van der Waals surface area contributed by atoms with Gasteiger partial charge < -0.3 is 4.90 Å². The molecule has 7 unspecified atom stereocenters. The van der Waals surface area contributed by atoms with Crippen molar-refractivity contribution in [2.75, 3.05) is 12.0 Å². The van der Waals surface area contributed by atoms with Crippen molar-refractivity contribution in [2.45, 2.75) is 80.4 Å². The molecule has 5 rings (SSSR count). The van der Waals surface area contributed by atoms with Crippen LogP contribution in [0.25, 0.3) is 0 Å². The summed E-state index contributed by atoms with van der Waals surface area (Å²) < 4.78 is 0.238. The molecule has 0 amide bonds. The molecule has 2 aliphatic carbocycles. The van der Waals surface area contributed by atoms with Gasteiger partial charge in [0, 0.05) is 33.7 Å². The van der Waals surface area contributed by atoms with Crippen LogP contribution in [0, 0.1) is 18.3 Å². The first kappa shape index (κ1) is 18.2. The van der Waals surface area contributed by atoms with E-state index in [0.717, 1.165) is 5.92 Å². The van der Waals surface area contributed by atoms with Crippen LogP contribution in [0.15, 0.2) is 41.4 Å². The molecule has 0 bridgehead atoms. The summed E-state index contributed by atoms with van der Waals surface area (Å²) in [5.74, 6) is 2.43. The molecule has 2 saturated heterocycles. The molecule has 4 fully saturated rings. The lowest BCUT2D eigenvalue weighted by Gasteiger charge is -2.77. The Morgan fingerprint density at radius 3 is 2.52 bits per heavy atom. The molecule has 144 valence electrons. The number of benzene rings is 1. The summed E-state index contributed by atoms with van der Waals surface area (Å²) in [5.41, 5.74) is 3.66. The van der Waals surface area contributed by atoms with Crippen LogP contribution in [0.3, 0.4) is 0 Å². The van der Waals surface area contributed by atoms with E-state index in [-0.39, 0.29) is 4.75 Å². The lowest BCUT2D eigenvalue weighted by molar-refractivity contribution is -0.241. The smallest absolute Gasteiger partial charge is 0.0727 e. The number of rotatable bonds is 5. The lowest BCUT2D eigenvalue weighted by Crippen LogP contribution is -2.81. The van der Waals surface area contributed by atoms with E-state index >= 15 is 0 Å². The van der Waals surface area contributed by atoms with E-state index in [9.17, 15) is 0 Å². The van der Waals surface area contributed by atoms with Crippen molar-refractivity contribution in [3.8, 4) is 0 Å². The fraction of sp³-hybridized carbons (Fsp3) is 0.667. The third-order valence-electron chi connectivity index (χ3n) is 9.33. The van der Waals surface area contributed by atoms with Crippen LogP contribution in [0.5, 0.6) is 0 Å². The Kier molecular flexibility index (Phi) is 3.51. The van der Waals surface area contributed by atoms with Gasteiger partial charge in [0.05, 0.1) is 7.85 Å². The second kappa shape index (κ2) is 5.20. The van der Waals surface area contributed by atoms with E-state index < -0.39 is 10.0 Å². The minimum atomic E-state index is -0.820. The summed E-state index contributed by atoms with van der Waals surface area (Å²) >= 11 is 0. The predicted octanol–water partition coefficient (Wildman–Crippen LogP) is 5.68. The maximum absolute atomic E-state index is 6.72. The summed E-state index contributed by atoms with van der Waals surface area (Å²) in [6.07, 6.45) is 7.63. The van der Waals surface area contributed by atoms with Crippen LogP contribution in [0.1, 0.15) is 52.0 Å². The first-order chi connectivity index (χ1) is 12.7. The van der Waals surface area contributed by atoms with Crippen molar-refractivity contribution in [1.82, 2.24) is 4.90 Å². The molecule has 3 heteroatoms. The lowest BCUT2D eigenvalue weighted by atomic mass is 9.42. The van der Waals surface area contributed by atoms with Gasteiger partial charge in [0.1, 0.15) is 0 Å². The fourth-order valence-corrected chi connectivity index (χ4v) is 11.3. The van der Waals surface area contributed by atoms with Gasteiger partial charge in [-0.2, -0.15) is 0 Å². The second-order valence-electron chi connectivity index (χ2n) is 10.3. The normalized spacial score (nSPS) is 51.6. The Labute approximate surface area is 168 Å². The maximum atomic E-state index is 6.72. The first-order valence-corrected chi connectivity index (χ1v) is 13.0. The average Bonchev–Trinajstić information content (AvgIpc) is 3.18. The van der Waals surface area contributed by atoms with Crippen LogP contribution in [0.4, 0.5) is 0 Å². The highest BCUT2D eigenvalue weighted by molar-refractivity contribution is 8.40.